The Kier molecular flexibility index (Phi) is 11.8. The molecule has 1 saturated carbocycles. The molecule has 1 aromatic carbocycles. The lowest BCUT2D eigenvalue weighted by Gasteiger charge is -2.39. The van der Waals surface area contributed by atoms with E-state index in [-0.39, 0.29) is 23.9 Å². The van der Waals surface area contributed by atoms with Gasteiger partial charge >= 0.3 is 6.09 Å². The van der Waals surface area contributed by atoms with E-state index in [1.165, 1.54) is 6.42 Å². The zero-order chi connectivity index (χ0) is 27.8. The standard InChI is InChI=1S/C29H47N3O4S/c1-19(2)32(27(34)23(17-18-37-8)31-28(35)36-29(5,6)7)25(24-20(3)13-12-14-21(24)4)26(33)30-22-15-10-9-11-16-22/h12-14,19,22-23,25H,9-11,15-18H2,1-8H3,(H,30,33)(H,31,35). The number of nitrogens with zero attached hydrogens (tertiary/aromatic N) is 1. The zero-order valence-corrected chi connectivity index (χ0v) is 24.8. The predicted octanol–water partition coefficient (Wildman–Crippen LogP) is 5.68. The molecule has 2 unspecified atom stereocenters. The fourth-order valence-electron chi connectivity index (χ4n) is 4.98. The van der Waals surface area contributed by atoms with Crippen molar-refractivity contribution >= 4 is 29.7 Å². The number of hydrogen-bond donors (Lipinski definition) is 2. The number of hydrogen-bond acceptors (Lipinski definition) is 5. The van der Waals surface area contributed by atoms with Gasteiger partial charge in [-0.2, -0.15) is 11.8 Å². The molecule has 2 N–H and O–H groups in total. The first-order valence-corrected chi connectivity index (χ1v) is 14.9. The van der Waals surface area contributed by atoms with Crippen LogP contribution in [0.25, 0.3) is 0 Å². The van der Waals surface area contributed by atoms with E-state index in [2.05, 4.69) is 10.6 Å². The SMILES string of the molecule is CSCCC(NC(=O)OC(C)(C)C)C(=O)N(C(C)C)C(C(=O)NC1CCCCC1)c1c(C)cccc1C. The Balaban J connectivity index is 2.49. The molecule has 7 nitrogen and oxygen atoms in total. The Morgan fingerprint density at radius 1 is 1.08 bits per heavy atom. The van der Waals surface area contributed by atoms with Gasteiger partial charge in [0.25, 0.3) is 0 Å². The molecular weight excluding hydrogens is 486 g/mol. The van der Waals surface area contributed by atoms with Gasteiger partial charge in [0.1, 0.15) is 17.7 Å². The van der Waals surface area contributed by atoms with Gasteiger partial charge in [0.15, 0.2) is 0 Å². The molecule has 0 heterocycles. The molecule has 208 valence electrons. The Labute approximate surface area is 227 Å². The maximum Gasteiger partial charge on any atom is 0.408 e. The first-order chi connectivity index (χ1) is 17.4. The van der Waals surface area contributed by atoms with Crippen molar-refractivity contribution in [3.8, 4) is 0 Å². The lowest BCUT2D eigenvalue weighted by atomic mass is 9.91. The second-order valence-corrected chi connectivity index (χ2v) is 12.4. The van der Waals surface area contributed by atoms with Crippen LogP contribution in [0.4, 0.5) is 4.79 Å². The highest BCUT2D eigenvalue weighted by molar-refractivity contribution is 7.98. The van der Waals surface area contributed by atoms with E-state index >= 15 is 0 Å². The Hall–Kier alpha value is -2.22. The summed E-state index contributed by atoms with van der Waals surface area (Å²) in [5.74, 6) is 0.245. The van der Waals surface area contributed by atoms with Gasteiger partial charge < -0.3 is 20.3 Å². The van der Waals surface area contributed by atoms with Crippen molar-refractivity contribution in [2.75, 3.05) is 12.0 Å². The van der Waals surface area contributed by atoms with Crippen molar-refractivity contribution in [2.24, 2.45) is 0 Å². The summed E-state index contributed by atoms with van der Waals surface area (Å²) in [6, 6.07) is 4.17. The Bertz CT molecular complexity index is 902. The van der Waals surface area contributed by atoms with Crippen molar-refractivity contribution in [3.05, 3.63) is 34.9 Å². The fraction of sp³-hybridized carbons (Fsp3) is 0.690. The van der Waals surface area contributed by atoms with E-state index in [1.807, 2.05) is 52.1 Å². The summed E-state index contributed by atoms with van der Waals surface area (Å²) in [7, 11) is 0. The predicted molar refractivity (Wildman–Crippen MR) is 152 cm³/mol. The molecule has 1 aliphatic rings. The number of carbonyl (C=O) groups is 3. The number of benzene rings is 1. The second-order valence-electron chi connectivity index (χ2n) is 11.4. The van der Waals surface area contributed by atoms with Gasteiger partial charge in [-0.3, -0.25) is 9.59 Å². The molecule has 2 atom stereocenters. The van der Waals surface area contributed by atoms with E-state index in [9.17, 15) is 14.4 Å². The highest BCUT2D eigenvalue weighted by Gasteiger charge is 2.39. The van der Waals surface area contributed by atoms with Crippen LogP contribution in [0.2, 0.25) is 0 Å². The number of rotatable bonds is 10. The highest BCUT2D eigenvalue weighted by Crippen LogP contribution is 2.31. The molecule has 1 aromatic rings. The molecule has 0 aromatic heterocycles. The van der Waals surface area contributed by atoms with E-state index < -0.39 is 23.8 Å². The second kappa shape index (κ2) is 14.1. The Morgan fingerprint density at radius 3 is 2.19 bits per heavy atom. The van der Waals surface area contributed by atoms with E-state index in [0.717, 1.165) is 42.4 Å². The Morgan fingerprint density at radius 2 is 1.68 bits per heavy atom. The summed E-state index contributed by atoms with van der Waals surface area (Å²) in [6.45, 7) is 13.2. The first-order valence-electron chi connectivity index (χ1n) is 13.5. The maximum absolute atomic E-state index is 14.2. The molecule has 0 radical (unpaired) electrons. The molecule has 0 bridgehead atoms. The van der Waals surface area contributed by atoms with Crippen molar-refractivity contribution in [1.29, 1.82) is 0 Å². The lowest BCUT2D eigenvalue weighted by Crippen LogP contribution is -2.56. The van der Waals surface area contributed by atoms with Crippen LogP contribution in [0.3, 0.4) is 0 Å². The molecular formula is C29H47N3O4S. The molecule has 0 spiro atoms. The van der Waals surface area contributed by atoms with Gasteiger partial charge in [-0.15, -0.1) is 0 Å². The number of ether oxygens (including phenoxy) is 1. The highest BCUT2D eigenvalue weighted by atomic mass is 32.2. The van der Waals surface area contributed by atoms with Crippen LogP contribution in [0, 0.1) is 13.8 Å². The normalized spacial score (nSPS) is 16.1. The average Bonchev–Trinajstić information content (AvgIpc) is 2.79. The van der Waals surface area contributed by atoms with Gasteiger partial charge in [0.05, 0.1) is 0 Å². The van der Waals surface area contributed by atoms with Gasteiger partial charge in [-0.25, -0.2) is 4.79 Å². The van der Waals surface area contributed by atoms with E-state index in [0.29, 0.717) is 12.2 Å². The quantitative estimate of drug-likeness (QED) is 0.404. The number of alkyl carbamates (subject to hydrolysis) is 1. The average molecular weight is 534 g/mol. The fourth-order valence-corrected chi connectivity index (χ4v) is 5.46. The largest absolute Gasteiger partial charge is 0.444 e. The van der Waals surface area contributed by atoms with Crippen molar-refractivity contribution in [3.63, 3.8) is 0 Å². The third-order valence-corrected chi connectivity index (χ3v) is 7.35. The van der Waals surface area contributed by atoms with Crippen LogP contribution in [0.1, 0.15) is 95.9 Å². The van der Waals surface area contributed by atoms with Crippen LogP contribution < -0.4 is 10.6 Å². The molecule has 2 rings (SSSR count). The lowest BCUT2D eigenvalue weighted by molar-refractivity contribution is -0.145. The van der Waals surface area contributed by atoms with Crippen molar-refractivity contribution in [2.45, 2.75) is 117 Å². The summed E-state index contributed by atoms with van der Waals surface area (Å²) in [4.78, 5) is 42.5. The summed E-state index contributed by atoms with van der Waals surface area (Å²) in [5, 5.41) is 6.07. The summed E-state index contributed by atoms with van der Waals surface area (Å²) in [5.41, 5.74) is 2.08. The van der Waals surface area contributed by atoms with Gasteiger partial charge in [0, 0.05) is 12.1 Å². The van der Waals surface area contributed by atoms with E-state index in [1.54, 1.807) is 37.4 Å². The first kappa shape index (κ1) is 31.0. The summed E-state index contributed by atoms with van der Waals surface area (Å²) < 4.78 is 5.46. The molecule has 0 saturated heterocycles. The van der Waals surface area contributed by atoms with Gasteiger partial charge in [0.2, 0.25) is 11.8 Å². The molecule has 1 aliphatic carbocycles. The number of amides is 3. The molecule has 0 aliphatic heterocycles. The van der Waals surface area contributed by atoms with Crippen LogP contribution >= 0.6 is 11.8 Å². The minimum atomic E-state index is -0.806. The minimum absolute atomic E-state index is 0.115. The molecule has 37 heavy (non-hydrogen) atoms. The number of thioether (sulfide) groups is 1. The monoisotopic (exact) mass is 533 g/mol. The zero-order valence-electron chi connectivity index (χ0n) is 24.0. The van der Waals surface area contributed by atoms with Crippen LogP contribution in [-0.4, -0.2) is 58.5 Å². The molecule has 1 fully saturated rings. The van der Waals surface area contributed by atoms with Crippen molar-refractivity contribution in [1.82, 2.24) is 15.5 Å². The van der Waals surface area contributed by atoms with E-state index in [4.69, 9.17) is 4.74 Å². The number of aryl methyl sites for hydroxylation is 2. The van der Waals surface area contributed by atoms with Crippen LogP contribution in [-0.2, 0) is 14.3 Å². The topological polar surface area (TPSA) is 87.7 Å². The van der Waals surface area contributed by atoms with Crippen molar-refractivity contribution < 1.29 is 19.1 Å². The summed E-state index contributed by atoms with van der Waals surface area (Å²) in [6.07, 6.45) is 7.07. The number of carbonyl (C=O) groups excluding carboxylic acids is 3. The third kappa shape index (κ3) is 9.24. The summed E-state index contributed by atoms with van der Waals surface area (Å²) >= 11 is 1.60. The smallest absolute Gasteiger partial charge is 0.408 e. The number of nitrogens with one attached hydrogen (secondary N) is 2. The maximum atomic E-state index is 14.2. The van der Waals surface area contributed by atoms with Crippen LogP contribution in [0.5, 0.6) is 0 Å². The molecule has 3 amide bonds. The molecule has 8 heteroatoms. The van der Waals surface area contributed by atoms with Gasteiger partial charge in [-0.05, 0) is 96.4 Å². The van der Waals surface area contributed by atoms with Gasteiger partial charge in [-0.1, -0.05) is 37.5 Å². The minimum Gasteiger partial charge on any atom is -0.444 e. The van der Waals surface area contributed by atoms with Crippen LogP contribution in [0.15, 0.2) is 18.2 Å². The third-order valence-electron chi connectivity index (χ3n) is 6.70.